The first kappa shape index (κ1) is 83.3. The molecule has 14 rings (SSSR count). The number of aryl methyl sites for hydroxylation is 23. The fourth-order valence-corrected chi connectivity index (χ4v) is 10.4. The lowest BCUT2D eigenvalue weighted by Crippen LogP contribution is -1.76. The van der Waals surface area contributed by atoms with Gasteiger partial charge in [-0.2, -0.15) is 0 Å². The number of rotatable bonds is 0. The van der Waals surface area contributed by atoms with Crippen LogP contribution in [-0.2, 0) is 7.05 Å². The maximum absolute atomic E-state index is 4.97. The highest BCUT2D eigenvalue weighted by Crippen LogP contribution is 2.14. The summed E-state index contributed by atoms with van der Waals surface area (Å²) in [5, 5.41) is 15.0. The van der Waals surface area contributed by atoms with Crippen LogP contribution in [0.3, 0.4) is 0 Å². The number of aromatic nitrogens is 15. The van der Waals surface area contributed by atoms with Gasteiger partial charge in [0.25, 0.3) is 0 Å². The third kappa shape index (κ3) is 47.8. The molecule has 20 nitrogen and oxygen atoms in total. The van der Waals surface area contributed by atoms with Crippen LogP contribution in [0.5, 0.6) is 0 Å². The Morgan fingerprint density at radius 2 is 0.968 bits per heavy atom. The predicted octanol–water partition coefficient (Wildman–Crippen LogP) is 19.7. The van der Waals surface area contributed by atoms with E-state index in [1.54, 1.807) is 141 Å². The van der Waals surface area contributed by atoms with Crippen LogP contribution >= 0.6 is 90.7 Å². The highest BCUT2D eigenvalue weighted by molar-refractivity contribution is 7.12. The lowest BCUT2D eigenvalue weighted by Gasteiger charge is -1.77. The summed E-state index contributed by atoms with van der Waals surface area (Å²) in [6.45, 7) is 43.2. The second-order valence-electron chi connectivity index (χ2n) is 19.1. The van der Waals surface area contributed by atoms with Crippen LogP contribution in [0.15, 0.2) is 142 Å². The number of hydrogen-bond acceptors (Lipinski definition) is 27. The maximum Gasteiger partial charge on any atom is 0.191 e. The Balaban J connectivity index is 0.000000501. The number of hydrogen-bond donors (Lipinski definition) is 0. The fraction of sp³-hybridized carbons (Fsp3) is 0.354. The molecule has 0 bridgehead atoms. The summed E-state index contributed by atoms with van der Waals surface area (Å²) < 4.78 is 26.0. The van der Waals surface area contributed by atoms with Crippen molar-refractivity contribution in [2.75, 3.05) is 0 Å². The molecule has 0 radical (unpaired) electrons. The van der Waals surface area contributed by atoms with Gasteiger partial charge in [0.15, 0.2) is 30.5 Å². The average Bonchev–Trinajstić information content (AvgIpc) is 3.16. The Morgan fingerprint density at radius 1 is 0.376 bits per heavy atom. The van der Waals surface area contributed by atoms with Crippen molar-refractivity contribution < 1.29 is 22.1 Å². The number of nitrogens with zero attached hydrogens (tertiary/aromatic N) is 15. The van der Waals surface area contributed by atoms with Crippen LogP contribution in [0.2, 0.25) is 0 Å². The minimum Gasteiger partial charge on any atom is -0.452 e. The summed E-state index contributed by atoms with van der Waals surface area (Å²) in [4.78, 5) is 60.3. The topological polar surface area (TPSA) is 251 Å². The summed E-state index contributed by atoms with van der Waals surface area (Å²) in [5.41, 5.74) is 10.1. The SMILES string of the molecule is Cc1cnc(C)o1.Cc1cnc(C)o1.Cc1cnc(C)s1.Cc1cnc(C)s1.Cc1cnco1.Cc1cncs1.Cc1coc(C)n1.Cc1cocn1.Cc1csc(C)n1.Cc1csc(C)n1.Cc1cscn1.Cc1nc(C)c(C)s1.Cc1nccs1.Cn1ccnc1. The Morgan fingerprint density at radius 3 is 1.09 bits per heavy atom. The van der Waals surface area contributed by atoms with Crippen molar-refractivity contribution in [1.29, 1.82) is 0 Å². The molecule has 0 aliphatic rings. The van der Waals surface area contributed by atoms with E-state index in [4.69, 9.17) is 17.7 Å². The van der Waals surface area contributed by atoms with Gasteiger partial charge in [0, 0.05) is 123 Å². The van der Waals surface area contributed by atoms with Crippen molar-refractivity contribution in [2.45, 2.75) is 152 Å². The molecule has 14 heterocycles. The van der Waals surface area contributed by atoms with E-state index in [1.807, 2.05) is 190 Å². The van der Waals surface area contributed by atoms with E-state index >= 15 is 0 Å². The molecule has 502 valence electrons. The van der Waals surface area contributed by atoms with E-state index in [9.17, 15) is 0 Å². The monoisotopic (exact) mass is 1420 g/mol. The van der Waals surface area contributed by atoms with Gasteiger partial charge >= 0.3 is 0 Å². The molecule has 0 saturated carbocycles. The van der Waals surface area contributed by atoms with Crippen molar-refractivity contribution >= 4 is 90.7 Å². The maximum atomic E-state index is 4.97. The summed E-state index contributed by atoms with van der Waals surface area (Å²) in [6, 6.07) is 0. The van der Waals surface area contributed by atoms with Crippen LogP contribution in [0, 0.1) is 152 Å². The minimum atomic E-state index is 0.734. The van der Waals surface area contributed by atoms with Gasteiger partial charge in [-0.25, -0.2) is 54.8 Å². The normalized spacial score (nSPS) is 9.24. The van der Waals surface area contributed by atoms with Crippen LogP contribution in [0.1, 0.15) is 119 Å². The highest BCUT2D eigenvalue weighted by atomic mass is 32.1. The van der Waals surface area contributed by atoms with Crippen LogP contribution in [0.25, 0.3) is 0 Å². The summed E-state index contributed by atoms with van der Waals surface area (Å²) in [7, 11) is 1.94. The molecule has 0 saturated heterocycles. The Labute approximate surface area is 580 Å². The second kappa shape index (κ2) is 49.9. The highest BCUT2D eigenvalue weighted by Gasteiger charge is 1.96. The van der Waals surface area contributed by atoms with Crippen LogP contribution in [0.4, 0.5) is 0 Å². The fourth-order valence-electron chi connectivity index (χ4n) is 5.64. The number of oxazole rings is 5. The zero-order chi connectivity index (χ0) is 69.5. The van der Waals surface area contributed by atoms with Crippen LogP contribution in [-0.4, -0.2) is 74.3 Å². The predicted molar refractivity (Wildman–Crippen MR) is 387 cm³/mol. The summed E-state index contributed by atoms with van der Waals surface area (Å²) in [5.74, 6) is 4.80. The van der Waals surface area contributed by atoms with Crippen molar-refractivity contribution in [3.05, 3.63) is 239 Å². The third-order valence-corrected chi connectivity index (χ3v) is 16.2. The molecule has 0 spiro atoms. The molecular weight excluding hydrogens is 1330 g/mol. The van der Waals surface area contributed by atoms with Crippen molar-refractivity contribution in [2.24, 2.45) is 7.05 Å². The molecule has 93 heavy (non-hydrogen) atoms. The van der Waals surface area contributed by atoms with E-state index in [-0.39, 0.29) is 0 Å². The Bertz CT molecular complexity index is 3130. The molecule has 0 aromatic carbocycles. The molecule has 14 aromatic rings. The zero-order valence-electron chi connectivity index (χ0n) is 57.6. The van der Waals surface area contributed by atoms with Gasteiger partial charge in [-0.1, -0.05) is 0 Å². The Hall–Kier alpha value is -7.70. The van der Waals surface area contributed by atoms with Gasteiger partial charge in [0.05, 0.1) is 83.1 Å². The Kier molecular flexibility index (Phi) is 44.7. The quantitative estimate of drug-likeness (QED) is 0.137. The zero-order valence-corrected chi connectivity index (χ0v) is 64.1. The first-order chi connectivity index (χ1) is 44.1. The smallest absolute Gasteiger partial charge is 0.191 e. The van der Waals surface area contributed by atoms with E-state index in [2.05, 4.69) is 106 Å². The van der Waals surface area contributed by atoms with Crippen molar-refractivity contribution in [1.82, 2.24) is 74.3 Å². The van der Waals surface area contributed by atoms with E-state index < -0.39 is 0 Å². The molecular formula is C65H89N15O5S8. The number of imidazole rings is 1. The van der Waals surface area contributed by atoms with Gasteiger partial charge in [-0.05, 0) is 132 Å². The lowest BCUT2D eigenvalue weighted by molar-refractivity contribution is 0.494. The van der Waals surface area contributed by atoms with E-state index in [0.29, 0.717) is 0 Å². The van der Waals surface area contributed by atoms with E-state index in [1.165, 1.54) is 43.0 Å². The second-order valence-corrected chi connectivity index (χ2v) is 28.4. The summed E-state index contributed by atoms with van der Waals surface area (Å²) >= 11 is 13.6. The molecule has 0 N–H and O–H groups in total. The lowest BCUT2D eigenvalue weighted by atomic mass is 10.4. The minimum absolute atomic E-state index is 0.734. The van der Waals surface area contributed by atoms with Crippen molar-refractivity contribution in [3.8, 4) is 0 Å². The van der Waals surface area contributed by atoms with Gasteiger partial charge in [-0.3, -0.25) is 15.0 Å². The molecule has 0 amide bonds. The first-order valence-electron chi connectivity index (χ1n) is 28.4. The van der Waals surface area contributed by atoms with Crippen molar-refractivity contribution in [3.63, 3.8) is 0 Å². The van der Waals surface area contributed by atoms with Gasteiger partial charge in [0.2, 0.25) is 0 Å². The molecule has 0 fully saturated rings. The average molecular weight is 1420 g/mol. The van der Waals surface area contributed by atoms with Gasteiger partial charge in [-0.15, -0.1) is 90.7 Å². The van der Waals surface area contributed by atoms with Crippen LogP contribution < -0.4 is 0 Å². The number of thiazole rings is 8. The summed E-state index contributed by atoms with van der Waals surface area (Å²) in [6.07, 6.45) is 24.0. The molecule has 14 aromatic heterocycles. The van der Waals surface area contributed by atoms with Gasteiger partial charge in [0.1, 0.15) is 29.8 Å². The molecule has 0 atom stereocenters. The van der Waals surface area contributed by atoms with E-state index in [0.717, 1.165) is 88.5 Å². The molecule has 0 unspecified atom stereocenters. The first-order valence-corrected chi connectivity index (χ1v) is 35.3. The molecule has 0 aliphatic carbocycles. The molecule has 28 heteroatoms. The standard InChI is InChI=1S/C6H9NS.3C5H7NO.4C5H7NS.C4H6N2.2C4H5NO.3C4H5NS/c1-4-5(2)8-6(3)7-4;1-4-3-7-5(2)6-4;2*1-4-3-6-5(2)7-4;2*1-4-3-7-5(2)6-4;2*1-4-3-6-5(2)7-4;1-6-3-2-5-4-6;1-4-2-6-3-5-4;1-4-2-5-3-6-4;1-4-2-6-3-5-4;1-4-2-5-3-6-4;1-4-5-2-3-6-4/h1-3H3;7*3H,1-2H3;2-4H,1H3;5*2-3H,1H3. The van der Waals surface area contributed by atoms with Gasteiger partial charge < -0.3 is 26.7 Å². The molecule has 0 aliphatic heterocycles. The largest absolute Gasteiger partial charge is 0.452 e. The third-order valence-electron chi connectivity index (χ3n) is 9.70.